The molecular weight excluding hydrogens is 255 g/mol. The normalized spacial score (nSPS) is 10.8. The molecule has 0 aliphatic carbocycles. The van der Waals surface area contributed by atoms with Gasteiger partial charge in [-0.25, -0.2) is 9.82 Å². The van der Waals surface area contributed by atoms with Crippen molar-refractivity contribution in [2.45, 2.75) is 13.8 Å². The fourth-order valence-corrected chi connectivity index (χ4v) is 1.73. The van der Waals surface area contributed by atoms with E-state index < -0.39 is 0 Å². The molecule has 1 N–H and O–H groups in total. The standard InChI is InChI=1S/C16H15FN2O/c1-11-3-4-12(2)14(9-11)10-18-19-16(20)13-5-7-15(17)8-6-13/h3-10H,1-2H3,(H,19,20)/b18-10-. The predicted molar refractivity (Wildman–Crippen MR) is 77.4 cm³/mol. The van der Waals surface area contributed by atoms with Crippen LogP contribution in [0.4, 0.5) is 4.39 Å². The van der Waals surface area contributed by atoms with Gasteiger partial charge in [0.15, 0.2) is 0 Å². The van der Waals surface area contributed by atoms with E-state index in [9.17, 15) is 9.18 Å². The zero-order chi connectivity index (χ0) is 14.5. The number of nitrogens with one attached hydrogen (secondary N) is 1. The van der Waals surface area contributed by atoms with Gasteiger partial charge in [0, 0.05) is 5.56 Å². The van der Waals surface area contributed by atoms with Crippen molar-refractivity contribution in [2.24, 2.45) is 5.10 Å². The monoisotopic (exact) mass is 270 g/mol. The number of carbonyl (C=O) groups excluding carboxylic acids is 1. The molecule has 0 fully saturated rings. The summed E-state index contributed by atoms with van der Waals surface area (Å²) in [6.07, 6.45) is 1.60. The molecule has 0 saturated heterocycles. The molecule has 102 valence electrons. The Balaban J connectivity index is 2.04. The molecule has 0 aliphatic heterocycles. The fraction of sp³-hybridized carbons (Fsp3) is 0.125. The molecule has 4 heteroatoms. The van der Waals surface area contributed by atoms with Crippen LogP contribution in [0.25, 0.3) is 0 Å². The van der Waals surface area contributed by atoms with Crippen LogP contribution in [0.15, 0.2) is 47.6 Å². The van der Waals surface area contributed by atoms with Gasteiger partial charge in [0.05, 0.1) is 6.21 Å². The SMILES string of the molecule is Cc1ccc(C)c(/C=N\NC(=O)c2ccc(F)cc2)c1. The van der Waals surface area contributed by atoms with Crippen LogP contribution in [0, 0.1) is 19.7 Å². The second-order valence-electron chi connectivity index (χ2n) is 4.57. The van der Waals surface area contributed by atoms with Gasteiger partial charge < -0.3 is 0 Å². The molecule has 0 radical (unpaired) electrons. The van der Waals surface area contributed by atoms with E-state index in [0.29, 0.717) is 5.56 Å². The van der Waals surface area contributed by atoms with Crippen molar-refractivity contribution < 1.29 is 9.18 Å². The molecule has 0 aliphatic rings. The lowest BCUT2D eigenvalue weighted by Gasteiger charge is -2.02. The second kappa shape index (κ2) is 6.10. The molecule has 0 spiro atoms. The third-order valence-corrected chi connectivity index (χ3v) is 2.91. The fourth-order valence-electron chi connectivity index (χ4n) is 1.73. The highest BCUT2D eigenvalue weighted by molar-refractivity contribution is 5.94. The lowest BCUT2D eigenvalue weighted by Crippen LogP contribution is -2.17. The Morgan fingerprint density at radius 2 is 1.85 bits per heavy atom. The molecule has 2 aromatic rings. The quantitative estimate of drug-likeness (QED) is 0.675. The van der Waals surface area contributed by atoms with Gasteiger partial charge in [0.25, 0.3) is 5.91 Å². The summed E-state index contributed by atoms with van der Waals surface area (Å²) in [7, 11) is 0. The summed E-state index contributed by atoms with van der Waals surface area (Å²) >= 11 is 0. The van der Waals surface area contributed by atoms with Crippen molar-refractivity contribution in [3.05, 3.63) is 70.5 Å². The predicted octanol–water partition coefficient (Wildman–Crippen LogP) is 3.21. The first-order valence-corrected chi connectivity index (χ1v) is 6.22. The minimum atomic E-state index is -0.375. The van der Waals surface area contributed by atoms with Crippen molar-refractivity contribution in [3.63, 3.8) is 0 Å². The topological polar surface area (TPSA) is 41.5 Å². The van der Waals surface area contributed by atoms with Crippen molar-refractivity contribution in [2.75, 3.05) is 0 Å². The van der Waals surface area contributed by atoms with Gasteiger partial charge in [-0.2, -0.15) is 5.10 Å². The Morgan fingerprint density at radius 1 is 1.15 bits per heavy atom. The van der Waals surface area contributed by atoms with Crippen molar-refractivity contribution >= 4 is 12.1 Å². The van der Waals surface area contributed by atoms with E-state index in [1.54, 1.807) is 6.21 Å². The van der Waals surface area contributed by atoms with Crippen LogP contribution in [0.1, 0.15) is 27.0 Å². The van der Waals surface area contributed by atoms with E-state index in [1.807, 2.05) is 32.0 Å². The summed E-state index contributed by atoms with van der Waals surface area (Å²) in [6, 6.07) is 11.3. The molecule has 1 amide bonds. The number of carbonyl (C=O) groups is 1. The molecule has 0 aromatic heterocycles. The van der Waals surface area contributed by atoms with Crippen molar-refractivity contribution in [1.29, 1.82) is 0 Å². The van der Waals surface area contributed by atoms with Gasteiger partial charge in [-0.1, -0.05) is 23.8 Å². The number of halogens is 1. The third-order valence-electron chi connectivity index (χ3n) is 2.91. The first-order chi connectivity index (χ1) is 9.56. The van der Waals surface area contributed by atoms with Crippen molar-refractivity contribution in [3.8, 4) is 0 Å². The van der Waals surface area contributed by atoms with Crippen LogP contribution in [0.3, 0.4) is 0 Å². The molecule has 2 aromatic carbocycles. The number of aryl methyl sites for hydroxylation is 2. The number of rotatable bonds is 3. The van der Waals surface area contributed by atoms with Crippen LogP contribution >= 0.6 is 0 Å². The summed E-state index contributed by atoms with van der Waals surface area (Å²) in [5.41, 5.74) is 5.94. The molecule has 2 rings (SSSR count). The molecule has 0 heterocycles. The Morgan fingerprint density at radius 3 is 2.55 bits per heavy atom. The van der Waals surface area contributed by atoms with E-state index in [0.717, 1.165) is 16.7 Å². The van der Waals surface area contributed by atoms with E-state index >= 15 is 0 Å². The summed E-state index contributed by atoms with van der Waals surface area (Å²) < 4.78 is 12.7. The van der Waals surface area contributed by atoms with Crippen LogP contribution in [-0.2, 0) is 0 Å². The highest BCUT2D eigenvalue weighted by Crippen LogP contribution is 2.08. The zero-order valence-corrected chi connectivity index (χ0v) is 11.4. The van der Waals surface area contributed by atoms with Gasteiger partial charge in [-0.05, 0) is 49.2 Å². The number of nitrogens with zero attached hydrogens (tertiary/aromatic N) is 1. The maximum atomic E-state index is 12.7. The largest absolute Gasteiger partial charge is 0.271 e. The van der Waals surface area contributed by atoms with Gasteiger partial charge in [0.2, 0.25) is 0 Å². The Labute approximate surface area is 117 Å². The molecule has 0 unspecified atom stereocenters. The zero-order valence-electron chi connectivity index (χ0n) is 11.4. The highest BCUT2D eigenvalue weighted by atomic mass is 19.1. The van der Waals surface area contributed by atoms with Crippen LogP contribution < -0.4 is 5.43 Å². The average Bonchev–Trinajstić information content (AvgIpc) is 2.43. The summed E-state index contributed by atoms with van der Waals surface area (Å²) in [6.45, 7) is 3.97. The van der Waals surface area contributed by atoms with E-state index in [-0.39, 0.29) is 11.7 Å². The number of hydrazone groups is 1. The summed E-state index contributed by atoms with van der Waals surface area (Å²) in [5, 5.41) is 3.92. The van der Waals surface area contributed by atoms with E-state index in [4.69, 9.17) is 0 Å². The lowest BCUT2D eigenvalue weighted by molar-refractivity contribution is 0.0955. The lowest BCUT2D eigenvalue weighted by atomic mass is 10.1. The van der Waals surface area contributed by atoms with E-state index in [2.05, 4.69) is 10.5 Å². The minimum Gasteiger partial charge on any atom is -0.267 e. The highest BCUT2D eigenvalue weighted by Gasteiger charge is 2.03. The third kappa shape index (κ3) is 3.51. The Hall–Kier alpha value is -2.49. The average molecular weight is 270 g/mol. The van der Waals surface area contributed by atoms with Crippen molar-refractivity contribution in [1.82, 2.24) is 5.43 Å². The number of amides is 1. The first kappa shape index (κ1) is 13.9. The van der Waals surface area contributed by atoms with Crippen LogP contribution in [0.2, 0.25) is 0 Å². The van der Waals surface area contributed by atoms with Gasteiger partial charge in [-0.3, -0.25) is 4.79 Å². The molecular formula is C16H15FN2O. The molecule has 0 bridgehead atoms. The molecule has 20 heavy (non-hydrogen) atoms. The van der Waals surface area contributed by atoms with Gasteiger partial charge in [-0.15, -0.1) is 0 Å². The summed E-state index contributed by atoms with van der Waals surface area (Å²) in [5.74, 6) is -0.744. The Kier molecular flexibility index (Phi) is 4.25. The maximum absolute atomic E-state index is 12.7. The maximum Gasteiger partial charge on any atom is 0.271 e. The first-order valence-electron chi connectivity index (χ1n) is 6.22. The van der Waals surface area contributed by atoms with Crippen LogP contribution in [-0.4, -0.2) is 12.1 Å². The second-order valence-corrected chi connectivity index (χ2v) is 4.57. The number of benzene rings is 2. The number of hydrogen-bond donors (Lipinski definition) is 1. The Bertz CT molecular complexity index is 648. The molecule has 0 saturated carbocycles. The molecule has 0 atom stereocenters. The number of hydrogen-bond acceptors (Lipinski definition) is 2. The van der Waals surface area contributed by atoms with E-state index in [1.165, 1.54) is 24.3 Å². The van der Waals surface area contributed by atoms with Gasteiger partial charge in [0.1, 0.15) is 5.82 Å². The van der Waals surface area contributed by atoms with Gasteiger partial charge >= 0.3 is 0 Å². The summed E-state index contributed by atoms with van der Waals surface area (Å²) in [4.78, 5) is 11.8. The minimum absolute atomic E-state index is 0.365. The van der Waals surface area contributed by atoms with Crippen LogP contribution in [0.5, 0.6) is 0 Å². The smallest absolute Gasteiger partial charge is 0.267 e. The molecule has 3 nitrogen and oxygen atoms in total.